The van der Waals surface area contributed by atoms with Crippen molar-refractivity contribution in [2.75, 3.05) is 6.61 Å². The first-order valence-corrected chi connectivity index (χ1v) is 8.23. The predicted octanol–water partition coefficient (Wildman–Crippen LogP) is 2.82. The molecular formula is C19H16F2N4O3. The third kappa shape index (κ3) is 4.38. The number of carbonyl (C=O) groups excluding carboxylic acids is 1. The topological polar surface area (TPSA) is 118 Å². The van der Waals surface area contributed by atoms with Gasteiger partial charge in [0.1, 0.15) is 11.6 Å². The number of halogens is 2. The minimum absolute atomic E-state index is 0.0409. The van der Waals surface area contributed by atoms with Crippen molar-refractivity contribution in [1.82, 2.24) is 15.1 Å². The highest BCUT2D eigenvalue weighted by atomic mass is 19.1. The number of nitrogens with two attached hydrogens (primary N) is 1. The van der Waals surface area contributed by atoms with Gasteiger partial charge < -0.3 is 20.3 Å². The minimum atomic E-state index is -0.542. The Morgan fingerprint density at radius 3 is 2.54 bits per heavy atom. The van der Waals surface area contributed by atoms with Gasteiger partial charge in [0.25, 0.3) is 0 Å². The van der Waals surface area contributed by atoms with Crippen molar-refractivity contribution in [2.45, 2.75) is 6.42 Å². The van der Waals surface area contributed by atoms with Crippen molar-refractivity contribution < 1.29 is 23.2 Å². The second-order valence-electron chi connectivity index (χ2n) is 5.75. The molecule has 7 nitrogen and oxygen atoms in total. The van der Waals surface area contributed by atoms with E-state index < -0.39 is 5.91 Å². The highest BCUT2D eigenvalue weighted by molar-refractivity contribution is 5.93. The Balaban J connectivity index is 0.000000192. The summed E-state index contributed by atoms with van der Waals surface area (Å²) in [4.78, 5) is 17.5. The molecule has 9 heteroatoms. The van der Waals surface area contributed by atoms with Crippen LogP contribution in [0.1, 0.15) is 16.2 Å². The van der Waals surface area contributed by atoms with Gasteiger partial charge in [-0.05, 0) is 42.5 Å². The highest BCUT2D eigenvalue weighted by Gasteiger charge is 2.13. The largest absolute Gasteiger partial charge is 0.396 e. The lowest BCUT2D eigenvalue weighted by molar-refractivity contribution is 0.1000. The van der Waals surface area contributed by atoms with Crippen molar-refractivity contribution in [3.63, 3.8) is 0 Å². The second kappa shape index (κ2) is 8.40. The van der Waals surface area contributed by atoms with E-state index in [0.717, 1.165) is 10.9 Å². The molecule has 4 rings (SSSR count). The molecule has 2 aromatic carbocycles. The molecule has 0 unspecified atom stereocenters. The molecule has 0 saturated carbocycles. The number of primary amides is 1. The fourth-order valence-corrected chi connectivity index (χ4v) is 2.46. The molecule has 0 aliphatic heterocycles. The van der Waals surface area contributed by atoms with Crippen LogP contribution in [0.15, 0.2) is 53.2 Å². The van der Waals surface area contributed by atoms with Crippen LogP contribution in [0.4, 0.5) is 8.78 Å². The number of rotatable bonds is 4. The number of aromatic amines is 1. The van der Waals surface area contributed by atoms with Crippen molar-refractivity contribution in [2.24, 2.45) is 5.73 Å². The lowest BCUT2D eigenvalue weighted by atomic mass is 10.1. The summed E-state index contributed by atoms with van der Waals surface area (Å²) in [6.45, 7) is -0.0409. The number of hydrogen-bond donors (Lipinski definition) is 3. The van der Waals surface area contributed by atoms with E-state index in [1.807, 2.05) is 0 Å². The van der Waals surface area contributed by atoms with E-state index in [2.05, 4.69) is 15.1 Å². The summed E-state index contributed by atoms with van der Waals surface area (Å²) in [5.41, 5.74) is 6.65. The number of amides is 1. The van der Waals surface area contributed by atoms with Crippen LogP contribution in [-0.4, -0.2) is 32.7 Å². The van der Waals surface area contributed by atoms with Crippen molar-refractivity contribution >= 4 is 16.8 Å². The lowest BCUT2D eigenvalue weighted by Crippen LogP contribution is -2.10. The normalized spacial score (nSPS) is 10.5. The number of hydrogen-bond acceptors (Lipinski definition) is 5. The van der Waals surface area contributed by atoms with E-state index >= 15 is 0 Å². The molecule has 28 heavy (non-hydrogen) atoms. The molecular weight excluding hydrogens is 370 g/mol. The number of nitrogens with zero attached hydrogens (tertiary/aromatic N) is 2. The van der Waals surface area contributed by atoms with Gasteiger partial charge in [0, 0.05) is 28.2 Å². The molecule has 2 aromatic heterocycles. The van der Waals surface area contributed by atoms with Gasteiger partial charge in [0.2, 0.25) is 17.6 Å². The fourth-order valence-electron chi connectivity index (χ4n) is 2.46. The molecule has 1 amide bonds. The number of carbonyl (C=O) groups is 1. The summed E-state index contributed by atoms with van der Waals surface area (Å²) in [6.07, 6.45) is 2.03. The smallest absolute Gasteiger partial charge is 0.248 e. The first kappa shape index (κ1) is 19.2. The zero-order valence-corrected chi connectivity index (χ0v) is 14.5. The number of nitrogens with one attached hydrogen (secondary N) is 1. The van der Waals surface area contributed by atoms with Gasteiger partial charge in [-0.1, -0.05) is 5.16 Å². The van der Waals surface area contributed by atoms with Gasteiger partial charge in [0.15, 0.2) is 0 Å². The molecule has 0 fully saturated rings. The Kier molecular flexibility index (Phi) is 5.75. The summed E-state index contributed by atoms with van der Waals surface area (Å²) in [5.74, 6) is -0.407. The van der Waals surface area contributed by atoms with Crippen LogP contribution in [0.2, 0.25) is 0 Å². The summed E-state index contributed by atoms with van der Waals surface area (Å²) in [7, 11) is 0. The molecule has 0 saturated heterocycles. The molecule has 0 aliphatic carbocycles. The van der Waals surface area contributed by atoms with Crippen LogP contribution in [0.3, 0.4) is 0 Å². The maximum Gasteiger partial charge on any atom is 0.248 e. The molecule has 0 radical (unpaired) electrons. The Morgan fingerprint density at radius 2 is 1.86 bits per heavy atom. The van der Waals surface area contributed by atoms with E-state index in [1.165, 1.54) is 36.4 Å². The summed E-state index contributed by atoms with van der Waals surface area (Å²) < 4.78 is 30.2. The standard InChI is InChI=1S/C12H10FN3O2.C7H6FNO/c13-7-1-2-8-9(6-14-10(8)5-7)12-15-11(3-4-17)18-16-12;8-6-3-1-5(2-4-6)7(9)10/h1-2,5-6,14,17H,3-4H2;1-4H,(H2,9,10). The number of benzene rings is 2. The zero-order valence-electron chi connectivity index (χ0n) is 14.5. The molecule has 0 atom stereocenters. The number of H-pyrrole nitrogens is 1. The summed E-state index contributed by atoms with van der Waals surface area (Å²) >= 11 is 0. The Morgan fingerprint density at radius 1 is 1.14 bits per heavy atom. The predicted molar refractivity (Wildman–Crippen MR) is 97.3 cm³/mol. The number of fused-ring (bicyclic) bond motifs is 1. The quantitative estimate of drug-likeness (QED) is 0.498. The molecule has 0 aliphatic rings. The fraction of sp³-hybridized carbons (Fsp3) is 0.105. The van der Waals surface area contributed by atoms with Crippen LogP contribution >= 0.6 is 0 Å². The van der Waals surface area contributed by atoms with Gasteiger partial charge in [-0.3, -0.25) is 4.79 Å². The van der Waals surface area contributed by atoms with Gasteiger partial charge >= 0.3 is 0 Å². The molecule has 4 N–H and O–H groups in total. The minimum Gasteiger partial charge on any atom is -0.396 e. The van der Waals surface area contributed by atoms with E-state index in [9.17, 15) is 13.6 Å². The van der Waals surface area contributed by atoms with Crippen LogP contribution < -0.4 is 5.73 Å². The maximum atomic E-state index is 13.1. The molecule has 0 spiro atoms. The van der Waals surface area contributed by atoms with Crippen LogP contribution in [0.25, 0.3) is 22.3 Å². The second-order valence-corrected chi connectivity index (χ2v) is 5.75. The number of aliphatic hydroxyl groups excluding tert-OH is 1. The average Bonchev–Trinajstić information content (AvgIpc) is 3.29. The molecule has 0 bridgehead atoms. The van der Waals surface area contributed by atoms with E-state index in [1.54, 1.807) is 12.3 Å². The number of aromatic nitrogens is 3. The summed E-state index contributed by atoms with van der Waals surface area (Å²) in [6, 6.07) is 9.54. The van der Waals surface area contributed by atoms with E-state index in [-0.39, 0.29) is 18.2 Å². The monoisotopic (exact) mass is 386 g/mol. The molecule has 4 aromatic rings. The molecule has 144 valence electrons. The van der Waals surface area contributed by atoms with Crippen LogP contribution in [0, 0.1) is 11.6 Å². The van der Waals surface area contributed by atoms with Crippen LogP contribution in [-0.2, 0) is 6.42 Å². The van der Waals surface area contributed by atoms with E-state index in [0.29, 0.717) is 29.2 Å². The molecule has 2 heterocycles. The third-order valence-electron chi connectivity index (χ3n) is 3.81. The van der Waals surface area contributed by atoms with Crippen molar-refractivity contribution in [3.05, 3.63) is 71.8 Å². The Bertz CT molecular complexity index is 1090. The third-order valence-corrected chi connectivity index (χ3v) is 3.81. The van der Waals surface area contributed by atoms with E-state index in [4.69, 9.17) is 15.4 Å². The lowest BCUT2D eigenvalue weighted by Gasteiger charge is -1.92. The van der Waals surface area contributed by atoms with Crippen molar-refractivity contribution in [3.8, 4) is 11.4 Å². The van der Waals surface area contributed by atoms with Gasteiger partial charge in [-0.25, -0.2) is 8.78 Å². The first-order valence-electron chi connectivity index (χ1n) is 8.23. The SMILES string of the molecule is NC(=O)c1ccc(F)cc1.OCCc1nc(-c2c[nH]c3cc(F)ccc23)no1. The number of aliphatic hydroxyl groups is 1. The average molecular weight is 386 g/mol. The Hall–Kier alpha value is -3.59. The maximum absolute atomic E-state index is 13.1. The van der Waals surface area contributed by atoms with Gasteiger partial charge in [-0.2, -0.15) is 4.98 Å². The first-order chi connectivity index (χ1) is 13.5. The van der Waals surface area contributed by atoms with Crippen molar-refractivity contribution in [1.29, 1.82) is 0 Å². The zero-order chi connectivity index (χ0) is 20.1. The van der Waals surface area contributed by atoms with Crippen LogP contribution in [0.5, 0.6) is 0 Å². The highest BCUT2D eigenvalue weighted by Crippen LogP contribution is 2.26. The van der Waals surface area contributed by atoms with Gasteiger partial charge in [0.05, 0.1) is 13.0 Å². The Labute approximate surface area is 157 Å². The summed E-state index contributed by atoms with van der Waals surface area (Å²) in [5, 5.41) is 13.5. The van der Waals surface area contributed by atoms with Gasteiger partial charge in [-0.15, -0.1) is 0 Å².